The second-order valence-electron chi connectivity index (χ2n) is 7.35. The summed E-state index contributed by atoms with van der Waals surface area (Å²) in [6, 6.07) is 15.7. The molecule has 1 unspecified atom stereocenters. The van der Waals surface area contributed by atoms with E-state index < -0.39 is 9.84 Å². The fourth-order valence-corrected chi connectivity index (χ4v) is 5.23. The van der Waals surface area contributed by atoms with E-state index in [-0.39, 0.29) is 41.5 Å². The van der Waals surface area contributed by atoms with Crippen molar-refractivity contribution in [2.45, 2.75) is 24.3 Å². The van der Waals surface area contributed by atoms with Gasteiger partial charge in [0.1, 0.15) is 5.75 Å². The van der Waals surface area contributed by atoms with E-state index in [2.05, 4.69) is 20.1 Å². The zero-order chi connectivity index (χ0) is 21.6. The van der Waals surface area contributed by atoms with Crippen LogP contribution in [0.3, 0.4) is 0 Å². The largest absolute Gasteiger partial charge is 0.506 e. The molecule has 0 saturated carbocycles. The number of guanidine groups is 1. The number of halogens is 1. The van der Waals surface area contributed by atoms with Gasteiger partial charge in [0.25, 0.3) is 0 Å². The number of phenolic OH excluding ortho intramolecular Hbond substituents is 1. The summed E-state index contributed by atoms with van der Waals surface area (Å²) in [7, 11) is -1.66. The maximum absolute atomic E-state index is 12.8. The first-order valence-corrected chi connectivity index (χ1v) is 11.9. The lowest BCUT2D eigenvalue weighted by atomic mass is 10.2. The summed E-state index contributed by atoms with van der Waals surface area (Å²) in [6.07, 6.45) is 0.670. The predicted molar refractivity (Wildman–Crippen MR) is 136 cm³/mol. The average molecular weight is 558 g/mol. The van der Waals surface area contributed by atoms with Gasteiger partial charge >= 0.3 is 0 Å². The molecular weight excluding hydrogens is 527 g/mol. The Morgan fingerprint density at radius 3 is 2.26 bits per heavy atom. The zero-order valence-electron chi connectivity index (χ0n) is 17.9. The van der Waals surface area contributed by atoms with Crippen molar-refractivity contribution >= 4 is 45.5 Å². The summed E-state index contributed by atoms with van der Waals surface area (Å²) in [5.41, 5.74) is 0.834. The lowest BCUT2D eigenvalue weighted by molar-refractivity contribution is 0.364. The lowest BCUT2D eigenvalue weighted by Gasteiger charge is -2.38. The van der Waals surface area contributed by atoms with Crippen LogP contribution in [0.15, 0.2) is 64.5 Å². The minimum absolute atomic E-state index is 0. The smallest absolute Gasteiger partial charge is 0.194 e. The third-order valence-electron chi connectivity index (χ3n) is 5.36. The molecule has 1 aliphatic rings. The topological polar surface area (TPSA) is 85.2 Å². The maximum Gasteiger partial charge on any atom is 0.194 e. The zero-order valence-corrected chi connectivity index (χ0v) is 21.1. The lowest BCUT2D eigenvalue weighted by Crippen LogP contribution is -2.55. The second kappa shape index (κ2) is 11.6. The van der Waals surface area contributed by atoms with Crippen LogP contribution in [0, 0.1) is 0 Å². The minimum Gasteiger partial charge on any atom is -0.506 e. The van der Waals surface area contributed by atoms with E-state index in [9.17, 15) is 13.5 Å². The molecule has 7 nitrogen and oxygen atoms in total. The van der Waals surface area contributed by atoms with Crippen molar-refractivity contribution in [2.75, 3.05) is 43.9 Å². The van der Waals surface area contributed by atoms with E-state index in [1.54, 1.807) is 37.4 Å². The number of para-hydroxylation sites is 2. The van der Waals surface area contributed by atoms with Crippen LogP contribution in [-0.4, -0.2) is 69.4 Å². The van der Waals surface area contributed by atoms with Gasteiger partial charge in [0, 0.05) is 39.3 Å². The van der Waals surface area contributed by atoms with Gasteiger partial charge in [-0.05, 0) is 30.7 Å². The van der Waals surface area contributed by atoms with Crippen LogP contribution in [0.2, 0.25) is 0 Å². The van der Waals surface area contributed by atoms with E-state index in [1.165, 1.54) is 0 Å². The first-order chi connectivity index (χ1) is 14.4. The van der Waals surface area contributed by atoms with Gasteiger partial charge in [0.2, 0.25) is 0 Å². The molecule has 2 N–H and O–H groups in total. The highest BCUT2D eigenvalue weighted by molar-refractivity contribution is 14.0. The van der Waals surface area contributed by atoms with E-state index >= 15 is 0 Å². The van der Waals surface area contributed by atoms with Crippen molar-refractivity contribution in [1.82, 2.24) is 10.2 Å². The number of aromatic hydroxyl groups is 1. The van der Waals surface area contributed by atoms with Gasteiger partial charge in [-0.15, -0.1) is 24.0 Å². The van der Waals surface area contributed by atoms with Crippen LogP contribution in [0.4, 0.5) is 5.69 Å². The molecule has 1 saturated heterocycles. The van der Waals surface area contributed by atoms with E-state index in [0.717, 1.165) is 31.9 Å². The first-order valence-electron chi connectivity index (χ1n) is 10.2. The molecule has 1 fully saturated rings. The van der Waals surface area contributed by atoms with Gasteiger partial charge < -0.3 is 20.2 Å². The highest BCUT2D eigenvalue weighted by atomic mass is 127. The number of hydrogen-bond acceptors (Lipinski definition) is 5. The van der Waals surface area contributed by atoms with Crippen molar-refractivity contribution in [3.05, 3.63) is 54.6 Å². The van der Waals surface area contributed by atoms with Crippen molar-refractivity contribution < 1.29 is 13.5 Å². The molecule has 3 rings (SSSR count). The SMILES string of the molecule is CCC(CS(=O)(=O)c1ccccc1)NC(=NC)N1CCN(c2ccccc2O)CC1.I. The van der Waals surface area contributed by atoms with Crippen LogP contribution >= 0.6 is 24.0 Å². The normalized spacial score (nSPS) is 15.9. The molecule has 0 amide bonds. The molecule has 170 valence electrons. The summed E-state index contributed by atoms with van der Waals surface area (Å²) in [6.45, 7) is 4.93. The Kier molecular flexibility index (Phi) is 9.42. The summed E-state index contributed by atoms with van der Waals surface area (Å²) in [5, 5.41) is 13.4. The Balaban J connectivity index is 0.00000341. The standard InChI is InChI=1S/C22H30N4O3S.HI/c1-3-18(17-30(28,29)19-9-5-4-6-10-19)24-22(23-2)26-15-13-25(14-16-26)20-11-7-8-12-21(20)27;/h4-12,18,27H,3,13-17H2,1-2H3,(H,23,24);1H. The number of benzene rings is 2. The number of piperazine rings is 1. The van der Waals surface area contributed by atoms with Gasteiger partial charge in [-0.2, -0.15) is 0 Å². The minimum atomic E-state index is -3.38. The number of sulfone groups is 1. The quantitative estimate of drug-likeness (QED) is 0.322. The third-order valence-corrected chi connectivity index (χ3v) is 7.19. The van der Waals surface area contributed by atoms with Crippen molar-refractivity contribution in [2.24, 2.45) is 4.99 Å². The number of rotatable bonds is 6. The molecule has 2 aromatic carbocycles. The molecule has 1 heterocycles. The van der Waals surface area contributed by atoms with Gasteiger partial charge in [-0.1, -0.05) is 37.3 Å². The summed E-state index contributed by atoms with van der Waals surface area (Å²) in [5.74, 6) is 1.01. The molecule has 2 aromatic rings. The monoisotopic (exact) mass is 558 g/mol. The number of anilines is 1. The maximum atomic E-state index is 12.8. The van der Waals surface area contributed by atoms with Gasteiger partial charge in [-0.25, -0.2) is 8.42 Å². The fraction of sp³-hybridized carbons (Fsp3) is 0.409. The van der Waals surface area contributed by atoms with E-state index in [0.29, 0.717) is 17.3 Å². The van der Waals surface area contributed by atoms with Gasteiger partial charge in [-0.3, -0.25) is 4.99 Å². The van der Waals surface area contributed by atoms with Gasteiger partial charge in [0.05, 0.1) is 16.3 Å². The van der Waals surface area contributed by atoms with Crippen LogP contribution in [0.5, 0.6) is 5.75 Å². The molecule has 31 heavy (non-hydrogen) atoms. The fourth-order valence-electron chi connectivity index (χ4n) is 3.62. The van der Waals surface area contributed by atoms with E-state index in [4.69, 9.17) is 0 Å². The number of nitrogens with zero attached hydrogens (tertiary/aromatic N) is 3. The van der Waals surface area contributed by atoms with Crippen molar-refractivity contribution in [3.8, 4) is 5.75 Å². The second-order valence-corrected chi connectivity index (χ2v) is 9.39. The highest BCUT2D eigenvalue weighted by Gasteiger charge is 2.25. The molecule has 0 aromatic heterocycles. The van der Waals surface area contributed by atoms with Crippen molar-refractivity contribution in [1.29, 1.82) is 0 Å². The number of hydrogen-bond donors (Lipinski definition) is 2. The Morgan fingerprint density at radius 2 is 1.68 bits per heavy atom. The molecule has 1 atom stereocenters. The number of phenols is 1. The molecule has 1 aliphatic heterocycles. The molecule has 9 heteroatoms. The van der Waals surface area contributed by atoms with Crippen LogP contribution < -0.4 is 10.2 Å². The van der Waals surface area contributed by atoms with Crippen molar-refractivity contribution in [3.63, 3.8) is 0 Å². The molecule has 0 aliphatic carbocycles. The number of aliphatic imine (C=N–C) groups is 1. The first kappa shape index (κ1) is 25.3. The third kappa shape index (κ3) is 6.49. The number of nitrogens with one attached hydrogen (secondary N) is 1. The molecular formula is C22H31IN4O3S. The summed E-state index contributed by atoms with van der Waals surface area (Å²) >= 11 is 0. The highest BCUT2D eigenvalue weighted by Crippen LogP contribution is 2.27. The average Bonchev–Trinajstić information content (AvgIpc) is 2.77. The molecule has 0 bridgehead atoms. The summed E-state index contributed by atoms with van der Waals surface area (Å²) < 4.78 is 25.5. The van der Waals surface area contributed by atoms with E-state index in [1.807, 2.05) is 31.2 Å². The molecule has 0 spiro atoms. The Hall–Kier alpha value is -2.01. The Bertz CT molecular complexity index is 962. The van der Waals surface area contributed by atoms with Gasteiger partial charge in [0.15, 0.2) is 15.8 Å². The Labute approximate surface area is 202 Å². The van der Waals surface area contributed by atoms with Crippen LogP contribution in [0.25, 0.3) is 0 Å². The van der Waals surface area contributed by atoms with Crippen LogP contribution in [-0.2, 0) is 9.84 Å². The van der Waals surface area contributed by atoms with Crippen LogP contribution in [0.1, 0.15) is 13.3 Å². The molecule has 0 radical (unpaired) electrons. The summed E-state index contributed by atoms with van der Waals surface area (Å²) in [4.78, 5) is 9.01. The Morgan fingerprint density at radius 1 is 1.06 bits per heavy atom. The predicted octanol–water partition coefficient (Wildman–Crippen LogP) is 2.96.